The highest BCUT2D eigenvalue weighted by molar-refractivity contribution is 5.94. The third-order valence-electron chi connectivity index (χ3n) is 4.62. The molecule has 0 radical (unpaired) electrons. The molecular weight excluding hydrogens is 294 g/mol. The summed E-state index contributed by atoms with van der Waals surface area (Å²) >= 11 is 0. The number of carbonyl (C=O) groups is 1. The van der Waals surface area contributed by atoms with Crippen LogP contribution >= 0.6 is 0 Å². The maximum atomic E-state index is 12.7. The summed E-state index contributed by atoms with van der Waals surface area (Å²) in [5.41, 5.74) is 2.12. The van der Waals surface area contributed by atoms with Gasteiger partial charge in [0.2, 0.25) is 5.60 Å². The zero-order chi connectivity index (χ0) is 16.6. The lowest BCUT2D eigenvalue weighted by molar-refractivity contribution is -0.153. The van der Waals surface area contributed by atoms with Crippen molar-refractivity contribution in [1.29, 1.82) is 0 Å². The predicted molar refractivity (Wildman–Crippen MR) is 87.5 cm³/mol. The van der Waals surface area contributed by atoms with Gasteiger partial charge in [-0.3, -0.25) is 4.79 Å². The fourth-order valence-electron chi connectivity index (χ4n) is 3.15. The summed E-state index contributed by atoms with van der Waals surface area (Å²) < 4.78 is 0. The van der Waals surface area contributed by atoms with Crippen LogP contribution < -0.4 is 4.90 Å². The standard InChI is InChI=1S/C16H23N5O2/c1-11-9-16(4,23-19-11)15(22)21-7-5-20(6-8-21)14-12(2)13(3)17-10-18-14/h10H,5-9H2,1-4H3. The number of hydrogen-bond acceptors (Lipinski definition) is 6. The second-order valence-corrected chi connectivity index (χ2v) is 6.51. The highest BCUT2D eigenvalue weighted by atomic mass is 16.7. The van der Waals surface area contributed by atoms with Gasteiger partial charge in [-0.05, 0) is 27.7 Å². The van der Waals surface area contributed by atoms with Gasteiger partial charge in [0.1, 0.15) is 12.1 Å². The summed E-state index contributed by atoms with van der Waals surface area (Å²) in [4.78, 5) is 30.8. The van der Waals surface area contributed by atoms with E-state index in [0.717, 1.165) is 35.9 Å². The molecule has 0 saturated carbocycles. The number of piperazine rings is 1. The topological polar surface area (TPSA) is 70.9 Å². The van der Waals surface area contributed by atoms with E-state index in [0.29, 0.717) is 19.5 Å². The Balaban J connectivity index is 1.65. The molecule has 0 aliphatic carbocycles. The summed E-state index contributed by atoms with van der Waals surface area (Å²) in [5.74, 6) is 0.987. The minimum Gasteiger partial charge on any atom is -0.379 e. The van der Waals surface area contributed by atoms with E-state index in [1.165, 1.54) is 0 Å². The second kappa shape index (κ2) is 5.79. The third kappa shape index (κ3) is 2.87. The Labute approximate surface area is 136 Å². The molecule has 3 heterocycles. The van der Waals surface area contributed by atoms with Crippen molar-refractivity contribution in [2.75, 3.05) is 31.1 Å². The number of amides is 1. The van der Waals surface area contributed by atoms with E-state index in [-0.39, 0.29) is 5.91 Å². The van der Waals surface area contributed by atoms with Crippen molar-refractivity contribution in [2.45, 2.75) is 39.7 Å². The SMILES string of the molecule is CC1=NOC(C)(C(=O)N2CCN(c3ncnc(C)c3C)CC2)C1. The Bertz CT molecular complexity index is 652. The first kappa shape index (κ1) is 15.7. The molecule has 0 aromatic carbocycles. The van der Waals surface area contributed by atoms with Crippen molar-refractivity contribution in [2.24, 2.45) is 5.16 Å². The highest BCUT2D eigenvalue weighted by Crippen LogP contribution is 2.27. The lowest BCUT2D eigenvalue weighted by atomic mass is 9.98. The van der Waals surface area contributed by atoms with Crippen LogP contribution in [0.25, 0.3) is 0 Å². The van der Waals surface area contributed by atoms with E-state index < -0.39 is 5.60 Å². The summed E-state index contributed by atoms with van der Waals surface area (Å²) in [5, 5.41) is 3.93. The maximum Gasteiger partial charge on any atom is 0.269 e. The lowest BCUT2D eigenvalue weighted by Crippen LogP contribution is -2.55. The summed E-state index contributed by atoms with van der Waals surface area (Å²) in [6, 6.07) is 0. The number of aromatic nitrogens is 2. The van der Waals surface area contributed by atoms with Gasteiger partial charge in [0.05, 0.1) is 5.71 Å². The normalized spacial score (nSPS) is 24.4. The van der Waals surface area contributed by atoms with Gasteiger partial charge >= 0.3 is 0 Å². The highest BCUT2D eigenvalue weighted by Gasteiger charge is 2.44. The minimum atomic E-state index is -0.840. The first-order chi connectivity index (χ1) is 10.9. The largest absolute Gasteiger partial charge is 0.379 e. The average Bonchev–Trinajstić information content (AvgIpc) is 2.90. The fourth-order valence-corrected chi connectivity index (χ4v) is 3.15. The molecule has 1 amide bonds. The molecule has 2 aliphatic heterocycles. The van der Waals surface area contributed by atoms with E-state index >= 15 is 0 Å². The average molecular weight is 317 g/mol. The molecule has 1 fully saturated rings. The van der Waals surface area contributed by atoms with Crippen LogP contribution in [0.5, 0.6) is 0 Å². The van der Waals surface area contributed by atoms with Crippen LogP contribution in [-0.2, 0) is 9.63 Å². The van der Waals surface area contributed by atoms with Gasteiger partial charge < -0.3 is 14.6 Å². The van der Waals surface area contributed by atoms with E-state index in [1.54, 1.807) is 6.33 Å². The Morgan fingerprint density at radius 1 is 1.17 bits per heavy atom. The van der Waals surface area contributed by atoms with Gasteiger partial charge in [-0.15, -0.1) is 0 Å². The molecule has 124 valence electrons. The smallest absolute Gasteiger partial charge is 0.269 e. The van der Waals surface area contributed by atoms with Crippen molar-refractivity contribution < 1.29 is 9.63 Å². The maximum absolute atomic E-state index is 12.7. The van der Waals surface area contributed by atoms with Crippen molar-refractivity contribution in [3.8, 4) is 0 Å². The molecule has 1 aromatic rings. The number of hydrogen-bond donors (Lipinski definition) is 0. The van der Waals surface area contributed by atoms with Gasteiger partial charge in [0.15, 0.2) is 0 Å². The Morgan fingerprint density at radius 2 is 1.87 bits per heavy atom. The molecule has 0 spiro atoms. The molecule has 1 atom stereocenters. The predicted octanol–water partition coefficient (Wildman–Crippen LogP) is 1.30. The van der Waals surface area contributed by atoms with E-state index in [1.807, 2.05) is 32.6 Å². The van der Waals surface area contributed by atoms with Gasteiger partial charge in [-0.25, -0.2) is 9.97 Å². The van der Waals surface area contributed by atoms with Gasteiger partial charge in [-0.2, -0.15) is 0 Å². The molecule has 1 saturated heterocycles. The molecule has 0 N–H and O–H groups in total. The molecule has 1 aromatic heterocycles. The molecule has 0 bridgehead atoms. The minimum absolute atomic E-state index is 0.0216. The summed E-state index contributed by atoms with van der Waals surface area (Å²) in [6.07, 6.45) is 2.17. The monoisotopic (exact) mass is 317 g/mol. The number of anilines is 1. The van der Waals surface area contributed by atoms with Crippen LogP contribution in [-0.4, -0.2) is 58.3 Å². The second-order valence-electron chi connectivity index (χ2n) is 6.51. The summed E-state index contributed by atoms with van der Waals surface area (Å²) in [6.45, 7) is 10.6. The van der Waals surface area contributed by atoms with Crippen molar-refractivity contribution >= 4 is 17.4 Å². The van der Waals surface area contributed by atoms with Gasteiger partial charge in [-0.1, -0.05) is 5.16 Å². The molecule has 7 heteroatoms. The quantitative estimate of drug-likeness (QED) is 0.822. The van der Waals surface area contributed by atoms with Crippen molar-refractivity contribution in [3.63, 3.8) is 0 Å². The van der Waals surface area contributed by atoms with Gasteiger partial charge in [0.25, 0.3) is 5.91 Å². The first-order valence-corrected chi connectivity index (χ1v) is 7.95. The van der Waals surface area contributed by atoms with Crippen molar-refractivity contribution in [1.82, 2.24) is 14.9 Å². The number of rotatable bonds is 2. The Kier molecular flexibility index (Phi) is 3.95. The zero-order valence-corrected chi connectivity index (χ0v) is 14.2. The van der Waals surface area contributed by atoms with Crippen LogP contribution in [0.1, 0.15) is 31.5 Å². The lowest BCUT2D eigenvalue weighted by Gasteiger charge is -2.38. The van der Waals surface area contributed by atoms with E-state index in [9.17, 15) is 4.79 Å². The van der Waals surface area contributed by atoms with E-state index in [2.05, 4.69) is 20.0 Å². The molecule has 2 aliphatic rings. The zero-order valence-electron chi connectivity index (χ0n) is 14.2. The summed E-state index contributed by atoms with van der Waals surface area (Å²) in [7, 11) is 0. The van der Waals surface area contributed by atoms with Crippen LogP contribution in [0.2, 0.25) is 0 Å². The number of carbonyl (C=O) groups excluding carboxylic acids is 1. The van der Waals surface area contributed by atoms with Crippen LogP contribution in [0.4, 0.5) is 5.82 Å². The first-order valence-electron chi connectivity index (χ1n) is 7.95. The van der Waals surface area contributed by atoms with Crippen molar-refractivity contribution in [3.05, 3.63) is 17.6 Å². The molecule has 3 rings (SSSR count). The van der Waals surface area contributed by atoms with E-state index in [4.69, 9.17) is 4.84 Å². The van der Waals surface area contributed by atoms with Crippen LogP contribution in [0, 0.1) is 13.8 Å². The molecule has 1 unspecified atom stereocenters. The van der Waals surface area contributed by atoms with Gasteiger partial charge in [0, 0.05) is 43.9 Å². The molecule has 23 heavy (non-hydrogen) atoms. The number of nitrogens with zero attached hydrogens (tertiary/aromatic N) is 5. The molecular formula is C16H23N5O2. The number of aryl methyl sites for hydroxylation is 1. The Morgan fingerprint density at radius 3 is 2.48 bits per heavy atom. The van der Waals surface area contributed by atoms with Crippen LogP contribution in [0.3, 0.4) is 0 Å². The fraction of sp³-hybridized carbons (Fsp3) is 0.625. The van der Waals surface area contributed by atoms with Crippen LogP contribution in [0.15, 0.2) is 11.5 Å². The Hall–Kier alpha value is -2.18. The number of oxime groups is 1. The molecule has 7 nitrogen and oxygen atoms in total. The third-order valence-corrected chi connectivity index (χ3v) is 4.62.